The summed E-state index contributed by atoms with van der Waals surface area (Å²) < 4.78 is 25.1. The predicted octanol–water partition coefficient (Wildman–Crippen LogP) is 4.47. The Morgan fingerprint density at radius 2 is 1.62 bits per heavy atom. The molecule has 0 saturated heterocycles. The molecule has 158 valence electrons. The molecule has 29 heavy (non-hydrogen) atoms. The van der Waals surface area contributed by atoms with Crippen LogP contribution in [0.1, 0.15) is 56.8 Å². The van der Waals surface area contributed by atoms with E-state index in [4.69, 9.17) is 12.2 Å². The van der Waals surface area contributed by atoms with Crippen molar-refractivity contribution in [3.05, 3.63) is 65.2 Å². The fraction of sp³-hybridized carbons (Fsp3) is 0.409. The minimum Gasteiger partial charge on any atom is -0.359 e. The summed E-state index contributed by atoms with van der Waals surface area (Å²) in [5, 5.41) is 7.19. The maximum atomic E-state index is 11.3. The van der Waals surface area contributed by atoms with Gasteiger partial charge in [0.25, 0.3) is 0 Å². The number of benzene rings is 2. The van der Waals surface area contributed by atoms with Crippen LogP contribution in [0.5, 0.6) is 0 Å². The SMILES string of the molecule is CC[C@@H](NC(=S)NCc1ccc(C(C)(C)C)cc1)c1ccc(NS(C)(=O)=O)cc1. The van der Waals surface area contributed by atoms with Crippen LogP contribution in [0.4, 0.5) is 5.69 Å². The molecular formula is C22H31N3O2S2. The molecule has 0 aromatic heterocycles. The van der Waals surface area contributed by atoms with Gasteiger partial charge in [-0.05, 0) is 52.9 Å². The molecule has 0 bridgehead atoms. The first-order valence-electron chi connectivity index (χ1n) is 9.69. The highest BCUT2D eigenvalue weighted by Gasteiger charge is 2.13. The molecule has 0 amide bonds. The smallest absolute Gasteiger partial charge is 0.229 e. The second-order valence-corrected chi connectivity index (χ2v) is 10.4. The van der Waals surface area contributed by atoms with Crippen molar-refractivity contribution in [3.8, 4) is 0 Å². The first kappa shape index (κ1) is 23.2. The molecule has 0 heterocycles. The summed E-state index contributed by atoms with van der Waals surface area (Å²) in [6, 6.07) is 15.9. The third kappa shape index (κ3) is 7.66. The van der Waals surface area contributed by atoms with Crippen LogP contribution in [-0.2, 0) is 22.0 Å². The van der Waals surface area contributed by atoms with Crippen LogP contribution in [0.2, 0.25) is 0 Å². The molecule has 0 aliphatic carbocycles. The van der Waals surface area contributed by atoms with E-state index in [9.17, 15) is 8.42 Å². The van der Waals surface area contributed by atoms with E-state index in [2.05, 4.69) is 67.3 Å². The summed E-state index contributed by atoms with van der Waals surface area (Å²) in [6.45, 7) is 9.34. The largest absolute Gasteiger partial charge is 0.359 e. The summed E-state index contributed by atoms with van der Waals surface area (Å²) in [4.78, 5) is 0. The first-order chi connectivity index (χ1) is 13.5. The monoisotopic (exact) mass is 433 g/mol. The molecule has 2 aromatic rings. The van der Waals surface area contributed by atoms with Gasteiger partial charge in [-0.1, -0.05) is 64.1 Å². The lowest BCUT2D eigenvalue weighted by atomic mass is 9.87. The number of hydrogen-bond donors (Lipinski definition) is 3. The van der Waals surface area contributed by atoms with Gasteiger partial charge in [0.1, 0.15) is 0 Å². The lowest BCUT2D eigenvalue weighted by molar-refractivity contribution is 0.589. The molecule has 7 heteroatoms. The minimum absolute atomic E-state index is 0.0468. The average molecular weight is 434 g/mol. The fourth-order valence-corrected chi connectivity index (χ4v) is 3.71. The van der Waals surface area contributed by atoms with Gasteiger partial charge in [0.15, 0.2) is 5.11 Å². The van der Waals surface area contributed by atoms with Crippen LogP contribution in [0.25, 0.3) is 0 Å². The predicted molar refractivity (Wildman–Crippen MR) is 126 cm³/mol. The Balaban J connectivity index is 1.92. The second kappa shape index (κ2) is 9.59. The van der Waals surface area contributed by atoms with Crippen LogP contribution < -0.4 is 15.4 Å². The molecule has 2 rings (SSSR count). The van der Waals surface area contributed by atoms with Crippen molar-refractivity contribution in [2.24, 2.45) is 0 Å². The summed E-state index contributed by atoms with van der Waals surface area (Å²) in [5.74, 6) is 0. The Labute approximate surface area is 180 Å². The molecule has 0 aliphatic rings. The van der Waals surface area contributed by atoms with Crippen molar-refractivity contribution in [1.82, 2.24) is 10.6 Å². The molecule has 5 nitrogen and oxygen atoms in total. The van der Waals surface area contributed by atoms with Crippen molar-refractivity contribution >= 4 is 33.0 Å². The van der Waals surface area contributed by atoms with E-state index in [0.717, 1.165) is 18.2 Å². The Hall–Kier alpha value is -2.12. The first-order valence-corrected chi connectivity index (χ1v) is 12.0. The van der Waals surface area contributed by atoms with Gasteiger partial charge in [0, 0.05) is 12.2 Å². The maximum absolute atomic E-state index is 11.3. The molecular weight excluding hydrogens is 402 g/mol. The number of nitrogens with one attached hydrogen (secondary N) is 3. The molecule has 0 spiro atoms. The Bertz CT molecular complexity index is 916. The normalized spacial score (nSPS) is 12.9. The van der Waals surface area contributed by atoms with Crippen molar-refractivity contribution in [1.29, 1.82) is 0 Å². The molecule has 0 saturated carbocycles. The Morgan fingerprint density at radius 1 is 1.03 bits per heavy atom. The highest BCUT2D eigenvalue weighted by atomic mass is 32.2. The van der Waals surface area contributed by atoms with E-state index in [1.807, 2.05) is 12.1 Å². The number of hydrogen-bond acceptors (Lipinski definition) is 3. The summed E-state index contributed by atoms with van der Waals surface area (Å²) in [6.07, 6.45) is 1.99. The van der Waals surface area contributed by atoms with E-state index < -0.39 is 10.0 Å². The highest BCUT2D eigenvalue weighted by Crippen LogP contribution is 2.22. The van der Waals surface area contributed by atoms with Gasteiger partial charge in [0.05, 0.1) is 12.3 Å². The second-order valence-electron chi connectivity index (χ2n) is 8.23. The van der Waals surface area contributed by atoms with Gasteiger partial charge in [-0.3, -0.25) is 4.72 Å². The zero-order chi connectivity index (χ0) is 21.7. The number of anilines is 1. The quantitative estimate of drug-likeness (QED) is 0.562. The summed E-state index contributed by atoms with van der Waals surface area (Å²) >= 11 is 5.46. The van der Waals surface area contributed by atoms with Crippen LogP contribution in [0.3, 0.4) is 0 Å². The van der Waals surface area contributed by atoms with Crippen molar-refractivity contribution in [2.75, 3.05) is 11.0 Å². The maximum Gasteiger partial charge on any atom is 0.229 e. The van der Waals surface area contributed by atoms with E-state index >= 15 is 0 Å². The van der Waals surface area contributed by atoms with Crippen LogP contribution in [0, 0.1) is 0 Å². The van der Waals surface area contributed by atoms with E-state index in [1.165, 1.54) is 11.1 Å². The van der Waals surface area contributed by atoms with E-state index in [0.29, 0.717) is 17.3 Å². The summed E-state index contributed by atoms with van der Waals surface area (Å²) in [5.41, 5.74) is 4.22. The van der Waals surface area contributed by atoms with E-state index in [-0.39, 0.29) is 11.5 Å². The average Bonchev–Trinajstić information content (AvgIpc) is 2.63. The number of rotatable bonds is 7. The Kier molecular flexibility index (Phi) is 7.66. The van der Waals surface area contributed by atoms with Gasteiger partial charge < -0.3 is 10.6 Å². The van der Waals surface area contributed by atoms with Gasteiger partial charge in [-0.15, -0.1) is 0 Å². The minimum atomic E-state index is -3.28. The van der Waals surface area contributed by atoms with Gasteiger partial charge in [0.2, 0.25) is 10.0 Å². The molecule has 1 atom stereocenters. The van der Waals surface area contributed by atoms with Crippen LogP contribution in [-0.4, -0.2) is 19.8 Å². The number of thiocarbonyl (C=S) groups is 1. The Morgan fingerprint density at radius 3 is 2.10 bits per heavy atom. The lowest BCUT2D eigenvalue weighted by Crippen LogP contribution is -2.37. The molecule has 3 N–H and O–H groups in total. The third-order valence-electron chi connectivity index (χ3n) is 4.60. The van der Waals surface area contributed by atoms with Gasteiger partial charge >= 0.3 is 0 Å². The molecule has 2 aromatic carbocycles. The third-order valence-corrected chi connectivity index (χ3v) is 5.47. The highest BCUT2D eigenvalue weighted by molar-refractivity contribution is 7.92. The topological polar surface area (TPSA) is 70.2 Å². The number of sulfonamides is 1. The molecule has 0 unspecified atom stereocenters. The van der Waals surface area contributed by atoms with Crippen molar-refractivity contribution in [3.63, 3.8) is 0 Å². The zero-order valence-corrected chi connectivity index (χ0v) is 19.4. The van der Waals surface area contributed by atoms with Crippen LogP contribution in [0.15, 0.2) is 48.5 Å². The molecule has 0 fully saturated rings. The standard InChI is InChI=1S/C22H31N3O2S2/c1-6-20(17-9-13-19(14-10-17)25-29(5,26)27)24-21(28)23-15-16-7-11-18(12-8-16)22(2,3)4/h7-14,20,25H,6,15H2,1-5H3,(H2,23,24,28)/t20-/m1/s1. The lowest BCUT2D eigenvalue weighted by Gasteiger charge is -2.21. The van der Waals surface area contributed by atoms with E-state index in [1.54, 1.807) is 12.1 Å². The zero-order valence-electron chi connectivity index (χ0n) is 17.7. The van der Waals surface area contributed by atoms with Crippen LogP contribution >= 0.6 is 12.2 Å². The van der Waals surface area contributed by atoms with Crippen molar-refractivity contribution < 1.29 is 8.42 Å². The fourth-order valence-electron chi connectivity index (χ4n) is 2.93. The summed E-state index contributed by atoms with van der Waals surface area (Å²) in [7, 11) is -3.28. The van der Waals surface area contributed by atoms with Crippen molar-refractivity contribution in [2.45, 2.75) is 52.1 Å². The van der Waals surface area contributed by atoms with Gasteiger partial charge in [-0.2, -0.15) is 0 Å². The molecule has 0 radical (unpaired) electrons. The van der Waals surface area contributed by atoms with Gasteiger partial charge in [-0.25, -0.2) is 8.42 Å². The molecule has 0 aliphatic heterocycles.